The van der Waals surface area contributed by atoms with Crippen LogP contribution in [0.3, 0.4) is 0 Å². The van der Waals surface area contributed by atoms with Gasteiger partial charge in [0.15, 0.2) is 0 Å². The molecule has 0 saturated heterocycles. The van der Waals surface area contributed by atoms with Gasteiger partial charge in [0.1, 0.15) is 5.69 Å². The van der Waals surface area contributed by atoms with Gasteiger partial charge in [0, 0.05) is 22.3 Å². The lowest BCUT2D eigenvalue weighted by Crippen LogP contribution is -2.11. The highest BCUT2D eigenvalue weighted by atomic mass is 79.9. The topological polar surface area (TPSA) is 85.8 Å². The summed E-state index contributed by atoms with van der Waals surface area (Å²) in [6, 6.07) is 9.02. The van der Waals surface area contributed by atoms with E-state index in [0.29, 0.717) is 11.3 Å². The van der Waals surface area contributed by atoms with E-state index in [-0.39, 0.29) is 23.9 Å². The molecule has 23 heavy (non-hydrogen) atoms. The molecule has 0 bridgehead atoms. The summed E-state index contributed by atoms with van der Waals surface area (Å²) < 4.78 is 8.13. The van der Waals surface area contributed by atoms with E-state index in [9.17, 15) is 4.79 Å². The number of carbonyl (C=O) groups is 1. The van der Waals surface area contributed by atoms with Gasteiger partial charge in [-0.25, -0.2) is 0 Å². The van der Waals surface area contributed by atoms with Crippen molar-refractivity contribution in [1.82, 2.24) is 20.0 Å². The maximum Gasteiger partial charge on any atom is 0.322 e. The van der Waals surface area contributed by atoms with Crippen LogP contribution in [0.4, 0.5) is 6.01 Å². The lowest BCUT2D eigenvalue weighted by molar-refractivity contribution is 0.102. The third-order valence-electron chi connectivity index (χ3n) is 3.11. The van der Waals surface area contributed by atoms with Crippen LogP contribution in [-0.2, 0) is 0 Å². The molecule has 1 N–H and O–H groups in total. The molecule has 0 aliphatic rings. The third-order valence-corrected chi connectivity index (χ3v) is 3.64. The molecule has 7 nitrogen and oxygen atoms in total. The Morgan fingerprint density at radius 3 is 2.61 bits per heavy atom. The standard InChI is InChI=1S/C15H14BrN5O2/c1-9(2)21-8-7-12(20-21)14-18-19-15(23-14)17-13(22)10-3-5-11(16)6-4-10/h3-9H,1-2H3,(H,17,19,22). The van der Waals surface area contributed by atoms with E-state index >= 15 is 0 Å². The second-order valence-corrected chi connectivity index (χ2v) is 6.06. The Morgan fingerprint density at radius 2 is 1.96 bits per heavy atom. The fourth-order valence-corrected chi connectivity index (χ4v) is 2.15. The lowest BCUT2D eigenvalue weighted by atomic mass is 10.2. The Morgan fingerprint density at radius 1 is 1.22 bits per heavy atom. The summed E-state index contributed by atoms with van der Waals surface area (Å²) in [7, 11) is 0. The van der Waals surface area contributed by atoms with Crippen LogP contribution >= 0.6 is 15.9 Å². The number of nitrogens with zero attached hydrogens (tertiary/aromatic N) is 4. The van der Waals surface area contributed by atoms with Crippen molar-refractivity contribution < 1.29 is 9.21 Å². The number of halogens is 1. The highest BCUT2D eigenvalue weighted by Crippen LogP contribution is 2.19. The third kappa shape index (κ3) is 3.48. The fraction of sp³-hybridized carbons (Fsp3) is 0.200. The smallest absolute Gasteiger partial charge is 0.322 e. The molecule has 0 fully saturated rings. The molecule has 2 heterocycles. The minimum absolute atomic E-state index is 0.0343. The van der Waals surface area contributed by atoms with Gasteiger partial charge in [0.05, 0.1) is 0 Å². The summed E-state index contributed by atoms with van der Waals surface area (Å²) in [5.74, 6) is -0.0593. The van der Waals surface area contributed by atoms with Crippen molar-refractivity contribution in [2.75, 3.05) is 5.32 Å². The Bertz CT molecular complexity index is 823. The molecule has 0 aliphatic heterocycles. The molecule has 3 rings (SSSR count). The molecule has 0 unspecified atom stereocenters. The van der Waals surface area contributed by atoms with Crippen LogP contribution in [0.15, 0.2) is 45.4 Å². The van der Waals surface area contributed by atoms with E-state index in [4.69, 9.17) is 4.42 Å². The molecule has 0 aliphatic carbocycles. The minimum Gasteiger partial charge on any atom is -0.401 e. The molecular weight excluding hydrogens is 362 g/mol. The van der Waals surface area contributed by atoms with Gasteiger partial charge in [-0.2, -0.15) is 5.10 Å². The van der Waals surface area contributed by atoms with Crippen LogP contribution in [0.25, 0.3) is 11.6 Å². The second kappa shape index (κ2) is 6.33. The molecule has 2 aromatic heterocycles. The van der Waals surface area contributed by atoms with Crippen LogP contribution in [-0.4, -0.2) is 25.9 Å². The van der Waals surface area contributed by atoms with E-state index in [0.717, 1.165) is 4.47 Å². The maximum absolute atomic E-state index is 12.1. The first kappa shape index (κ1) is 15.4. The van der Waals surface area contributed by atoms with Gasteiger partial charge in [0.25, 0.3) is 11.8 Å². The number of nitrogens with one attached hydrogen (secondary N) is 1. The number of hydrogen-bond donors (Lipinski definition) is 1. The normalized spacial score (nSPS) is 11.0. The quantitative estimate of drug-likeness (QED) is 0.753. The molecule has 8 heteroatoms. The van der Waals surface area contributed by atoms with Crippen LogP contribution < -0.4 is 5.32 Å². The Labute approximate surface area is 140 Å². The minimum atomic E-state index is -0.319. The summed E-state index contributed by atoms with van der Waals surface area (Å²) in [4.78, 5) is 12.1. The molecule has 0 radical (unpaired) electrons. The number of hydrogen-bond acceptors (Lipinski definition) is 5. The van der Waals surface area contributed by atoms with Gasteiger partial charge in [-0.15, -0.1) is 5.10 Å². The Kier molecular flexibility index (Phi) is 4.24. The summed E-state index contributed by atoms with van der Waals surface area (Å²) in [5.41, 5.74) is 1.06. The fourth-order valence-electron chi connectivity index (χ4n) is 1.89. The molecule has 3 aromatic rings. The average Bonchev–Trinajstić information content (AvgIpc) is 3.16. The lowest BCUT2D eigenvalue weighted by Gasteiger charge is -2.02. The number of benzene rings is 1. The Hall–Kier alpha value is -2.48. The number of amides is 1. The van der Waals surface area contributed by atoms with Crippen molar-refractivity contribution >= 4 is 27.9 Å². The zero-order valence-electron chi connectivity index (χ0n) is 12.5. The Balaban J connectivity index is 1.73. The first-order chi connectivity index (χ1) is 11.0. The number of carbonyl (C=O) groups excluding carboxylic acids is 1. The van der Waals surface area contributed by atoms with Crippen molar-refractivity contribution in [1.29, 1.82) is 0 Å². The predicted octanol–water partition coefficient (Wildman–Crippen LogP) is 3.53. The van der Waals surface area contributed by atoms with Crippen LogP contribution in [0, 0.1) is 0 Å². The monoisotopic (exact) mass is 375 g/mol. The molecule has 0 saturated carbocycles. The van der Waals surface area contributed by atoms with E-state index in [1.165, 1.54) is 0 Å². The molecular formula is C15H14BrN5O2. The summed E-state index contributed by atoms with van der Waals surface area (Å²) in [6.45, 7) is 4.04. The molecule has 0 atom stereocenters. The van der Waals surface area contributed by atoms with Gasteiger partial charge >= 0.3 is 6.01 Å². The molecule has 0 spiro atoms. The number of anilines is 1. The predicted molar refractivity (Wildman–Crippen MR) is 88.0 cm³/mol. The van der Waals surface area contributed by atoms with E-state index < -0.39 is 0 Å². The first-order valence-electron chi connectivity index (χ1n) is 6.99. The van der Waals surface area contributed by atoms with Gasteiger partial charge in [-0.05, 0) is 44.2 Å². The number of rotatable bonds is 4. The van der Waals surface area contributed by atoms with Gasteiger partial charge in [-0.3, -0.25) is 14.8 Å². The van der Waals surface area contributed by atoms with E-state index in [2.05, 4.69) is 36.5 Å². The van der Waals surface area contributed by atoms with Gasteiger partial charge in [-0.1, -0.05) is 21.0 Å². The second-order valence-electron chi connectivity index (χ2n) is 5.15. The van der Waals surface area contributed by atoms with Crippen LogP contribution in [0.5, 0.6) is 0 Å². The largest absolute Gasteiger partial charge is 0.401 e. The van der Waals surface area contributed by atoms with Crippen LogP contribution in [0.1, 0.15) is 30.2 Å². The summed E-state index contributed by atoms with van der Waals surface area (Å²) in [6.07, 6.45) is 1.84. The molecule has 1 aromatic carbocycles. The summed E-state index contributed by atoms with van der Waals surface area (Å²) >= 11 is 3.32. The van der Waals surface area contributed by atoms with Gasteiger partial charge < -0.3 is 4.42 Å². The van der Waals surface area contributed by atoms with E-state index in [1.54, 1.807) is 35.0 Å². The van der Waals surface area contributed by atoms with Crippen molar-refractivity contribution in [3.05, 3.63) is 46.6 Å². The van der Waals surface area contributed by atoms with E-state index in [1.807, 2.05) is 20.0 Å². The van der Waals surface area contributed by atoms with Crippen molar-refractivity contribution in [2.24, 2.45) is 0 Å². The zero-order valence-corrected chi connectivity index (χ0v) is 14.1. The number of aromatic nitrogens is 4. The van der Waals surface area contributed by atoms with Gasteiger partial charge in [0.2, 0.25) is 0 Å². The highest BCUT2D eigenvalue weighted by molar-refractivity contribution is 9.10. The average molecular weight is 376 g/mol. The van der Waals surface area contributed by atoms with Crippen LogP contribution in [0.2, 0.25) is 0 Å². The van der Waals surface area contributed by atoms with Crippen molar-refractivity contribution in [2.45, 2.75) is 19.9 Å². The maximum atomic E-state index is 12.1. The summed E-state index contributed by atoms with van der Waals surface area (Å²) in [5, 5.41) is 14.6. The van der Waals surface area contributed by atoms with Crippen molar-refractivity contribution in [3.8, 4) is 11.6 Å². The zero-order chi connectivity index (χ0) is 16.4. The molecule has 1 amide bonds. The first-order valence-corrected chi connectivity index (χ1v) is 7.78. The highest BCUT2D eigenvalue weighted by Gasteiger charge is 2.15. The molecule has 118 valence electrons. The SMILES string of the molecule is CC(C)n1ccc(-c2nnc(NC(=O)c3ccc(Br)cc3)o2)n1. The van der Waals surface area contributed by atoms with Crippen molar-refractivity contribution in [3.63, 3.8) is 0 Å².